The molecule has 1 aliphatic heterocycles. The summed E-state index contributed by atoms with van der Waals surface area (Å²) in [7, 11) is -3.55. The monoisotopic (exact) mass is 337 g/mol. The third-order valence-electron chi connectivity index (χ3n) is 4.13. The Bertz CT molecular complexity index is 752. The molecule has 5 nitrogen and oxygen atoms in total. The van der Waals surface area contributed by atoms with Crippen LogP contribution in [-0.4, -0.2) is 36.8 Å². The Kier molecular flexibility index (Phi) is 4.07. The van der Waals surface area contributed by atoms with Gasteiger partial charge in [-0.3, -0.25) is 0 Å². The highest BCUT2D eigenvalue weighted by atomic mass is 32.2. The maximum atomic E-state index is 12.7. The second-order valence-electron chi connectivity index (χ2n) is 5.62. The largest absolute Gasteiger partial charge is 0.326 e. The van der Waals surface area contributed by atoms with Gasteiger partial charge in [0.05, 0.1) is 5.69 Å². The van der Waals surface area contributed by atoms with E-state index in [2.05, 4.69) is 4.98 Å². The summed E-state index contributed by atoms with van der Waals surface area (Å²) in [4.78, 5) is 5.13. The molecule has 0 bridgehead atoms. The molecule has 22 heavy (non-hydrogen) atoms. The van der Waals surface area contributed by atoms with Crippen molar-refractivity contribution in [2.75, 3.05) is 13.1 Å². The van der Waals surface area contributed by atoms with Gasteiger partial charge in [0.1, 0.15) is 0 Å². The van der Waals surface area contributed by atoms with E-state index in [0.717, 1.165) is 16.1 Å². The van der Waals surface area contributed by atoms with Gasteiger partial charge in [-0.1, -0.05) is 30.3 Å². The SMILES string of the molecule is Cc1nc(S(=O)(=O)N2C[C@@H](N)[C@H](c3ccccc3)C2)sc1C. The zero-order chi connectivity index (χ0) is 15.9. The van der Waals surface area contributed by atoms with Gasteiger partial charge in [-0.15, -0.1) is 11.3 Å². The molecule has 2 aromatic rings. The van der Waals surface area contributed by atoms with E-state index in [1.807, 2.05) is 44.2 Å². The Hall–Kier alpha value is -1.28. The highest BCUT2D eigenvalue weighted by molar-refractivity contribution is 7.91. The lowest BCUT2D eigenvalue weighted by molar-refractivity contribution is 0.469. The molecule has 0 amide bonds. The minimum Gasteiger partial charge on any atom is -0.326 e. The van der Waals surface area contributed by atoms with Crippen LogP contribution in [0.15, 0.2) is 34.7 Å². The molecule has 0 saturated carbocycles. The van der Waals surface area contributed by atoms with Crippen molar-refractivity contribution in [3.63, 3.8) is 0 Å². The van der Waals surface area contributed by atoms with E-state index in [1.54, 1.807) is 0 Å². The van der Waals surface area contributed by atoms with Crippen molar-refractivity contribution in [1.29, 1.82) is 0 Å². The van der Waals surface area contributed by atoms with E-state index < -0.39 is 10.0 Å². The summed E-state index contributed by atoms with van der Waals surface area (Å²) in [5.74, 6) is 0.0260. The number of nitrogens with zero attached hydrogens (tertiary/aromatic N) is 2. The van der Waals surface area contributed by atoms with Crippen molar-refractivity contribution in [1.82, 2.24) is 9.29 Å². The molecule has 2 atom stereocenters. The molecule has 1 aromatic heterocycles. The maximum absolute atomic E-state index is 12.7. The van der Waals surface area contributed by atoms with Gasteiger partial charge in [-0.05, 0) is 19.4 Å². The molecule has 0 radical (unpaired) electrons. The number of hydrogen-bond donors (Lipinski definition) is 1. The summed E-state index contributed by atoms with van der Waals surface area (Å²) in [6, 6.07) is 9.65. The summed E-state index contributed by atoms with van der Waals surface area (Å²) in [5, 5.41) is 0. The summed E-state index contributed by atoms with van der Waals surface area (Å²) in [6.07, 6.45) is 0. The molecule has 1 fully saturated rings. The highest BCUT2D eigenvalue weighted by Gasteiger charge is 2.39. The van der Waals surface area contributed by atoms with Crippen LogP contribution in [0, 0.1) is 13.8 Å². The van der Waals surface area contributed by atoms with Crippen LogP contribution in [0.3, 0.4) is 0 Å². The molecule has 2 N–H and O–H groups in total. The van der Waals surface area contributed by atoms with E-state index in [4.69, 9.17) is 5.73 Å². The van der Waals surface area contributed by atoms with Crippen LogP contribution < -0.4 is 5.73 Å². The van der Waals surface area contributed by atoms with E-state index in [9.17, 15) is 8.42 Å². The summed E-state index contributed by atoms with van der Waals surface area (Å²) in [5.41, 5.74) is 8.04. The number of hydrogen-bond acceptors (Lipinski definition) is 5. The molecule has 0 aliphatic carbocycles. The van der Waals surface area contributed by atoms with Crippen LogP contribution in [0.4, 0.5) is 0 Å². The Balaban J connectivity index is 1.87. The Morgan fingerprint density at radius 3 is 2.50 bits per heavy atom. The highest BCUT2D eigenvalue weighted by Crippen LogP contribution is 2.32. The topological polar surface area (TPSA) is 76.3 Å². The molecule has 0 unspecified atom stereocenters. The third-order valence-corrected chi connectivity index (χ3v) is 7.39. The first-order valence-electron chi connectivity index (χ1n) is 7.14. The standard InChI is InChI=1S/C15H19N3O2S2/c1-10-11(2)21-15(17-10)22(19,20)18-8-13(14(16)9-18)12-6-4-3-5-7-12/h3-7,13-14H,8-9,16H2,1-2H3/t13-,14+/m0/s1. The molecule has 1 aliphatic rings. The van der Waals surface area contributed by atoms with Crippen LogP contribution >= 0.6 is 11.3 Å². The average molecular weight is 337 g/mol. The molecule has 3 rings (SSSR count). The van der Waals surface area contributed by atoms with Gasteiger partial charge in [0.2, 0.25) is 4.34 Å². The lowest BCUT2D eigenvalue weighted by atomic mass is 9.95. The average Bonchev–Trinajstić information content (AvgIpc) is 3.04. The second kappa shape index (κ2) is 5.73. The van der Waals surface area contributed by atoms with Gasteiger partial charge in [0.25, 0.3) is 10.0 Å². The predicted molar refractivity (Wildman–Crippen MR) is 87.5 cm³/mol. The van der Waals surface area contributed by atoms with Gasteiger partial charge >= 0.3 is 0 Å². The lowest BCUT2D eigenvalue weighted by Crippen LogP contribution is -2.32. The van der Waals surface area contributed by atoms with Crippen molar-refractivity contribution in [2.24, 2.45) is 5.73 Å². The minimum absolute atomic E-state index is 0.0260. The number of aromatic nitrogens is 1. The summed E-state index contributed by atoms with van der Waals surface area (Å²) >= 11 is 1.22. The van der Waals surface area contributed by atoms with Gasteiger partial charge in [-0.2, -0.15) is 4.31 Å². The number of aryl methyl sites for hydroxylation is 2. The molecule has 118 valence electrons. The van der Waals surface area contributed by atoms with Gasteiger partial charge < -0.3 is 5.73 Å². The lowest BCUT2D eigenvalue weighted by Gasteiger charge is -2.15. The van der Waals surface area contributed by atoms with Crippen LogP contribution in [-0.2, 0) is 10.0 Å². The number of benzene rings is 1. The van der Waals surface area contributed by atoms with E-state index in [-0.39, 0.29) is 16.3 Å². The molecule has 7 heteroatoms. The number of sulfonamides is 1. The number of rotatable bonds is 3. The zero-order valence-electron chi connectivity index (χ0n) is 12.6. The molecule has 0 spiro atoms. The quantitative estimate of drug-likeness (QED) is 0.928. The zero-order valence-corrected chi connectivity index (χ0v) is 14.2. The smallest absolute Gasteiger partial charge is 0.270 e. The predicted octanol–water partition coefficient (Wildman–Crippen LogP) is 1.88. The normalized spacial score (nSPS) is 23.0. The van der Waals surface area contributed by atoms with Crippen LogP contribution in [0.1, 0.15) is 22.1 Å². The molecular formula is C15H19N3O2S2. The van der Waals surface area contributed by atoms with Gasteiger partial charge in [0, 0.05) is 29.9 Å². The Labute approximate surface area is 134 Å². The van der Waals surface area contributed by atoms with Crippen LogP contribution in [0.25, 0.3) is 0 Å². The maximum Gasteiger partial charge on any atom is 0.270 e. The third kappa shape index (κ3) is 2.69. The second-order valence-corrected chi connectivity index (χ2v) is 8.94. The van der Waals surface area contributed by atoms with Crippen LogP contribution in [0.2, 0.25) is 0 Å². The van der Waals surface area contributed by atoms with E-state index in [0.29, 0.717) is 13.1 Å². The van der Waals surface area contributed by atoms with Crippen molar-refractivity contribution in [3.05, 3.63) is 46.5 Å². The Morgan fingerprint density at radius 2 is 1.91 bits per heavy atom. The Morgan fingerprint density at radius 1 is 1.23 bits per heavy atom. The van der Waals surface area contributed by atoms with E-state index >= 15 is 0 Å². The summed E-state index contributed by atoms with van der Waals surface area (Å²) in [6.45, 7) is 4.45. The van der Waals surface area contributed by atoms with Crippen LogP contribution in [0.5, 0.6) is 0 Å². The fraction of sp³-hybridized carbons (Fsp3) is 0.400. The molecular weight excluding hydrogens is 318 g/mol. The van der Waals surface area contributed by atoms with Gasteiger partial charge in [0.15, 0.2) is 0 Å². The first-order valence-corrected chi connectivity index (χ1v) is 9.40. The first-order chi connectivity index (χ1) is 10.4. The molecule has 1 saturated heterocycles. The number of thiazole rings is 1. The fourth-order valence-corrected chi connectivity index (χ4v) is 5.65. The number of nitrogens with two attached hydrogens (primary N) is 1. The van der Waals surface area contributed by atoms with Crippen molar-refractivity contribution in [3.8, 4) is 0 Å². The molecule has 1 aromatic carbocycles. The van der Waals surface area contributed by atoms with Crippen molar-refractivity contribution >= 4 is 21.4 Å². The molecule has 2 heterocycles. The van der Waals surface area contributed by atoms with Crippen molar-refractivity contribution < 1.29 is 8.42 Å². The van der Waals surface area contributed by atoms with E-state index in [1.165, 1.54) is 15.6 Å². The van der Waals surface area contributed by atoms with Crippen molar-refractivity contribution in [2.45, 2.75) is 30.1 Å². The summed E-state index contributed by atoms with van der Waals surface area (Å²) < 4.78 is 27.1. The first kappa shape index (κ1) is 15.6. The fourth-order valence-electron chi connectivity index (χ4n) is 2.70. The van der Waals surface area contributed by atoms with Gasteiger partial charge in [-0.25, -0.2) is 13.4 Å². The minimum atomic E-state index is -3.55.